The van der Waals surface area contributed by atoms with Crippen molar-refractivity contribution < 1.29 is 18.0 Å². The van der Waals surface area contributed by atoms with Crippen molar-refractivity contribution in [1.82, 2.24) is 29.5 Å². The average molecular weight is 477 g/mol. The molecule has 3 aromatic heterocycles. The van der Waals surface area contributed by atoms with Crippen LogP contribution >= 0.6 is 0 Å². The topological polar surface area (TPSA) is 106 Å². The van der Waals surface area contributed by atoms with Crippen molar-refractivity contribution in [3.8, 4) is 0 Å². The van der Waals surface area contributed by atoms with E-state index in [1.165, 1.54) is 11.7 Å². The third kappa shape index (κ3) is 4.54. The van der Waals surface area contributed by atoms with E-state index in [9.17, 15) is 18.0 Å². The van der Waals surface area contributed by atoms with Crippen LogP contribution in [-0.4, -0.2) is 48.5 Å². The van der Waals surface area contributed by atoms with E-state index in [2.05, 4.69) is 30.8 Å². The predicted octanol–water partition coefficient (Wildman–Crippen LogP) is 2.81. The Bertz CT molecular complexity index is 1210. The van der Waals surface area contributed by atoms with Crippen LogP contribution in [0.1, 0.15) is 36.5 Å². The summed E-state index contributed by atoms with van der Waals surface area (Å²) in [6, 6.07) is 0.681. The zero-order valence-corrected chi connectivity index (χ0v) is 19.5. The Labute approximate surface area is 194 Å². The first-order valence-corrected chi connectivity index (χ1v) is 10.7. The monoisotopic (exact) mass is 477 g/mol. The maximum absolute atomic E-state index is 12.9. The summed E-state index contributed by atoms with van der Waals surface area (Å²) in [7, 11) is 3.31. The van der Waals surface area contributed by atoms with Gasteiger partial charge in [0.05, 0.1) is 24.1 Å². The number of carbonyl (C=O) groups excluding carboxylic acids is 1. The van der Waals surface area contributed by atoms with Gasteiger partial charge in [-0.05, 0) is 18.9 Å². The van der Waals surface area contributed by atoms with Crippen LogP contribution in [0.3, 0.4) is 0 Å². The lowest BCUT2D eigenvalue weighted by atomic mass is 9.99. The second-order valence-electron chi connectivity index (χ2n) is 8.66. The van der Waals surface area contributed by atoms with Crippen LogP contribution in [0.4, 0.5) is 30.6 Å². The number of hydrogen-bond donors (Lipinski definition) is 2. The molecule has 0 saturated heterocycles. The van der Waals surface area contributed by atoms with Crippen molar-refractivity contribution in [2.45, 2.75) is 46.1 Å². The van der Waals surface area contributed by atoms with Crippen molar-refractivity contribution in [3.05, 3.63) is 41.1 Å². The number of nitrogens with one attached hydrogen (secondary N) is 2. The second kappa shape index (κ2) is 8.61. The van der Waals surface area contributed by atoms with E-state index in [1.807, 2.05) is 25.8 Å². The fourth-order valence-corrected chi connectivity index (χ4v) is 4.02. The summed E-state index contributed by atoms with van der Waals surface area (Å²) in [4.78, 5) is 23.4. The zero-order chi connectivity index (χ0) is 24.8. The number of nitrogens with zero attached hydrogens (tertiary/aromatic N) is 7. The molecule has 0 fully saturated rings. The van der Waals surface area contributed by atoms with Gasteiger partial charge < -0.3 is 15.5 Å². The lowest BCUT2D eigenvalue weighted by Gasteiger charge is -2.36. The molecule has 1 aliphatic rings. The first-order valence-electron chi connectivity index (χ1n) is 10.7. The number of fused-ring (bicyclic) bond motifs is 1. The van der Waals surface area contributed by atoms with Gasteiger partial charge >= 0.3 is 6.18 Å². The van der Waals surface area contributed by atoms with Crippen LogP contribution in [0.5, 0.6) is 0 Å². The molecule has 1 unspecified atom stereocenters. The quantitative estimate of drug-likeness (QED) is 0.562. The number of carbonyl (C=O) groups is 1. The lowest BCUT2D eigenvalue weighted by molar-refractivity contribution is -0.141. The summed E-state index contributed by atoms with van der Waals surface area (Å²) in [6.45, 7) is 6.27. The van der Waals surface area contributed by atoms with E-state index in [1.54, 1.807) is 24.0 Å². The molecule has 4 heterocycles. The highest BCUT2D eigenvalue weighted by atomic mass is 19.4. The maximum atomic E-state index is 12.9. The minimum absolute atomic E-state index is 0.0828. The normalized spacial score (nSPS) is 16.1. The van der Waals surface area contributed by atoms with Crippen molar-refractivity contribution in [2.75, 3.05) is 22.6 Å². The van der Waals surface area contributed by atoms with E-state index in [4.69, 9.17) is 0 Å². The Morgan fingerprint density at radius 1 is 1.24 bits per heavy atom. The summed E-state index contributed by atoms with van der Waals surface area (Å²) in [6.07, 6.45) is -1.13. The molecule has 34 heavy (non-hydrogen) atoms. The molecule has 10 nitrogen and oxygen atoms in total. The second-order valence-corrected chi connectivity index (χ2v) is 8.66. The molecule has 0 bridgehead atoms. The minimum atomic E-state index is -4.49. The number of alkyl halides is 3. The minimum Gasteiger partial charge on any atom is -0.350 e. The smallest absolute Gasteiger partial charge is 0.350 e. The van der Waals surface area contributed by atoms with Crippen molar-refractivity contribution in [1.29, 1.82) is 0 Å². The Morgan fingerprint density at radius 3 is 2.62 bits per heavy atom. The van der Waals surface area contributed by atoms with Gasteiger partial charge in [0.15, 0.2) is 11.5 Å². The number of aromatic nitrogens is 6. The first-order chi connectivity index (χ1) is 15.9. The van der Waals surface area contributed by atoms with Gasteiger partial charge in [-0.2, -0.15) is 28.4 Å². The van der Waals surface area contributed by atoms with Crippen LogP contribution in [0.25, 0.3) is 0 Å². The van der Waals surface area contributed by atoms with E-state index in [-0.39, 0.29) is 24.4 Å². The zero-order valence-electron chi connectivity index (χ0n) is 19.5. The van der Waals surface area contributed by atoms with Crippen LogP contribution in [0.2, 0.25) is 0 Å². The van der Waals surface area contributed by atoms with Crippen molar-refractivity contribution in [3.63, 3.8) is 0 Å². The molecule has 1 atom stereocenters. The summed E-state index contributed by atoms with van der Waals surface area (Å²) in [5.74, 6) is 1.06. The Hall–Kier alpha value is -3.64. The molecule has 3 aromatic rings. The highest BCUT2D eigenvalue weighted by Gasteiger charge is 2.36. The molecule has 0 aliphatic carbocycles. The largest absolute Gasteiger partial charge is 0.435 e. The number of anilines is 3. The summed E-state index contributed by atoms with van der Waals surface area (Å²) in [5, 5.41) is 13.8. The molecule has 0 radical (unpaired) electrons. The molecule has 4 rings (SSSR count). The van der Waals surface area contributed by atoms with Gasteiger partial charge in [0.25, 0.3) is 0 Å². The molecular weight excluding hydrogens is 451 g/mol. The molecule has 1 aliphatic heterocycles. The number of likely N-dealkylation sites (N-methyl/N-ethyl adjacent to an activating group) is 1. The first kappa shape index (κ1) is 23.5. The lowest BCUT2D eigenvalue weighted by Crippen LogP contribution is -2.49. The fraction of sp³-hybridized carbons (Fsp3) is 0.476. The SMILES string of the molecule is Cc1nc(NCc2cnn(Cc3cc(C(F)(F)F)nn3C)c2)nc2c1NC(=O)C(C(C)C)N2C. The van der Waals surface area contributed by atoms with Crippen molar-refractivity contribution in [2.24, 2.45) is 13.0 Å². The maximum Gasteiger partial charge on any atom is 0.435 e. The number of hydrogen-bond acceptors (Lipinski definition) is 7. The summed E-state index contributed by atoms with van der Waals surface area (Å²) >= 11 is 0. The Kier molecular flexibility index (Phi) is 5.96. The molecular formula is C21H26F3N9O. The van der Waals surface area contributed by atoms with E-state index < -0.39 is 11.9 Å². The fourth-order valence-electron chi connectivity index (χ4n) is 4.02. The standard InChI is InChI=1S/C21H26F3N9O/c1-11(2)17-19(34)28-16-12(3)27-20(29-18(16)31(17)4)25-7-13-8-26-33(9-13)10-14-6-15(21(22,23)24)30-32(14)5/h6,8-9,11,17H,7,10H2,1-5H3,(H,28,34)(H,25,27,29). The summed E-state index contributed by atoms with van der Waals surface area (Å²) in [5.41, 5.74) is 1.49. The molecule has 182 valence electrons. The molecule has 1 amide bonds. The van der Waals surface area contributed by atoms with Crippen LogP contribution in [-0.2, 0) is 31.1 Å². The van der Waals surface area contributed by atoms with Gasteiger partial charge in [-0.25, -0.2) is 4.98 Å². The average Bonchev–Trinajstić information content (AvgIpc) is 3.34. The number of rotatable bonds is 6. The molecule has 0 aromatic carbocycles. The van der Waals surface area contributed by atoms with E-state index in [0.717, 1.165) is 11.6 Å². The van der Waals surface area contributed by atoms with Gasteiger partial charge in [0.2, 0.25) is 11.9 Å². The summed E-state index contributed by atoms with van der Waals surface area (Å²) < 4.78 is 41.4. The third-order valence-electron chi connectivity index (χ3n) is 5.70. The van der Waals surface area contributed by atoms with Crippen LogP contribution in [0.15, 0.2) is 18.5 Å². The van der Waals surface area contributed by atoms with Gasteiger partial charge in [-0.15, -0.1) is 0 Å². The Morgan fingerprint density at radius 2 is 1.97 bits per heavy atom. The molecule has 13 heteroatoms. The Balaban J connectivity index is 1.46. The number of aryl methyl sites for hydroxylation is 2. The van der Waals surface area contributed by atoms with Crippen LogP contribution < -0.4 is 15.5 Å². The third-order valence-corrected chi connectivity index (χ3v) is 5.70. The van der Waals surface area contributed by atoms with Gasteiger partial charge in [0, 0.05) is 32.4 Å². The van der Waals surface area contributed by atoms with Gasteiger partial charge in [0.1, 0.15) is 11.7 Å². The van der Waals surface area contributed by atoms with E-state index in [0.29, 0.717) is 35.4 Å². The number of amides is 1. The van der Waals surface area contributed by atoms with Crippen molar-refractivity contribution >= 4 is 23.4 Å². The van der Waals surface area contributed by atoms with Gasteiger partial charge in [-0.1, -0.05) is 13.8 Å². The van der Waals surface area contributed by atoms with Gasteiger partial charge in [-0.3, -0.25) is 14.2 Å². The predicted molar refractivity (Wildman–Crippen MR) is 119 cm³/mol. The highest BCUT2D eigenvalue weighted by Crippen LogP contribution is 2.34. The highest BCUT2D eigenvalue weighted by molar-refractivity contribution is 6.03. The number of halogens is 3. The van der Waals surface area contributed by atoms with Crippen LogP contribution in [0, 0.1) is 12.8 Å². The van der Waals surface area contributed by atoms with E-state index >= 15 is 0 Å². The molecule has 0 saturated carbocycles. The molecule has 0 spiro atoms. The molecule has 2 N–H and O–H groups in total.